The summed E-state index contributed by atoms with van der Waals surface area (Å²) in [6.07, 6.45) is 0.852. The number of carbonyl (C=O) groups is 1. The molecule has 0 bridgehead atoms. The van der Waals surface area contributed by atoms with Crippen molar-refractivity contribution in [3.63, 3.8) is 0 Å². The normalized spacial score (nSPS) is 11.7. The first-order chi connectivity index (χ1) is 10.0. The first-order valence-corrected chi connectivity index (χ1v) is 6.95. The first-order valence-electron chi connectivity index (χ1n) is 6.95. The lowest BCUT2D eigenvalue weighted by atomic mass is 10.1. The summed E-state index contributed by atoms with van der Waals surface area (Å²) in [4.78, 5) is 11.1. The second-order valence-corrected chi connectivity index (χ2v) is 5.18. The fourth-order valence-electron chi connectivity index (χ4n) is 2.21. The number of benzene rings is 2. The minimum Gasteiger partial charge on any atom is -0.508 e. The average molecular weight is 284 g/mol. The van der Waals surface area contributed by atoms with E-state index in [4.69, 9.17) is 0 Å². The maximum Gasteiger partial charge on any atom is 0.221 e. The van der Waals surface area contributed by atoms with Crippen LogP contribution in [-0.2, 0) is 11.2 Å². The van der Waals surface area contributed by atoms with Gasteiger partial charge in [0.05, 0.1) is 0 Å². The molecule has 4 nitrogen and oxygen atoms in total. The molecule has 2 aromatic rings. The van der Waals surface area contributed by atoms with Crippen LogP contribution in [-0.4, -0.2) is 17.1 Å². The monoisotopic (exact) mass is 284 g/mol. The summed E-state index contributed by atoms with van der Waals surface area (Å²) in [5.74, 6) is 0.201. The molecule has 0 spiro atoms. The van der Waals surface area contributed by atoms with Crippen molar-refractivity contribution in [3.05, 3.63) is 54.1 Å². The van der Waals surface area contributed by atoms with Gasteiger partial charge in [-0.1, -0.05) is 18.2 Å². The van der Waals surface area contributed by atoms with Gasteiger partial charge in [-0.15, -0.1) is 0 Å². The summed E-state index contributed by atoms with van der Waals surface area (Å²) >= 11 is 0. The summed E-state index contributed by atoms with van der Waals surface area (Å²) in [6.45, 7) is 3.59. The Bertz CT molecular complexity index is 608. The molecular weight excluding hydrogens is 264 g/mol. The molecule has 21 heavy (non-hydrogen) atoms. The molecule has 4 heteroatoms. The number of anilines is 2. The van der Waals surface area contributed by atoms with Crippen LogP contribution in [0.3, 0.4) is 0 Å². The van der Waals surface area contributed by atoms with Gasteiger partial charge in [0.1, 0.15) is 5.75 Å². The number of amides is 1. The van der Waals surface area contributed by atoms with E-state index in [1.54, 1.807) is 12.1 Å². The number of phenols is 1. The van der Waals surface area contributed by atoms with Gasteiger partial charge in [0, 0.05) is 24.3 Å². The maximum atomic E-state index is 11.1. The van der Waals surface area contributed by atoms with Gasteiger partial charge in [-0.25, -0.2) is 0 Å². The van der Waals surface area contributed by atoms with Gasteiger partial charge >= 0.3 is 0 Å². The summed E-state index contributed by atoms with van der Waals surface area (Å²) in [6, 6.07) is 15.1. The smallest absolute Gasteiger partial charge is 0.221 e. The Balaban J connectivity index is 1.97. The molecule has 0 saturated carbocycles. The summed E-state index contributed by atoms with van der Waals surface area (Å²) in [5, 5.41) is 15.5. The van der Waals surface area contributed by atoms with Crippen molar-refractivity contribution in [3.8, 4) is 5.75 Å². The van der Waals surface area contributed by atoms with Crippen molar-refractivity contribution in [2.45, 2.75) is 26.3 Å². The SMILES string of the molecule is CC(=O)Nc1cccc(NC(C)Cc2ccc(O)cc2)c1. The molecule has 0 fully saturated rings. The van der Waals surface area contributed by atoms with E-state index in [0.717, 1.165) is 23.4 Å². The van der Waals surface area contributed by atoms with Crippen LogP contribution < -0.4 is 10.6 Å². The third-order valence-corrected chi connectivity index (χ3v) is 3.07. The first kappa shape index (κ1) is 14.9. The van der Waals surface area contributed by atoms with Gasteiger partial charge in [0.2, 0.25) is 5.91 Å². The Morgan fingerprint density at radius 1 is 1.14 bits per heavy atom. The Labute approximate surface area is 124 Å². The second-order valence-electron chi connectivity index (χ2n) is 5.18. The highest BCUT2D eigenvalue weighted by atomic mass is 16.3. The average Bonchev–Trinajstić information content (AvgIpc) is 2.41. The molecule has 0 aliphatic carbocycles. The highest BCUT2D eigenvalue weighted by Crippen LogP contribution is 2.17. The van der Waals surface area contributed by atoms with Crippen LogP contribution in [0.4, 0.5) is 11.4 Å². The fraction of sp³-hybridized carbons (Fsp3) is 0.235. The molecule has 0 radical (unpaired) electrons. The molecule has 2 aromatic carbocycles. The maximum absolute atomic E-state index is 11.1. The molecular formula is C17H20N2O2. The lowest BCUT2D eigenvalue weighted by Gasteiger charge is -2.16. The zero-order valence-electron chi connectivity index (χ0n) is 12.3. The van der Waals surface area contributed by atoms with E-state index in [0.29, 0.717) is 0 Å². The molecule has 1 atom stereocenters. The lowest BCUT2D eigenvalue weighted by Crippen LogP contribution is -2.18. The van der Waals surface area contributed by atoms with Gasteiger partial charge in [0.25, 0.3) is 0 Å². The summed E-state index contributed by atoms with van der Waals surface area (Å²) in [7, 11) is 0. The number of phenolic OH excluding ortho intramolecular Hbond substituents is 1. The van der Waals surface area contributed by atoms with E-state index in [-0.39, 0.29) is 17.7 Å². The third-order valence-electron chi connectivity index (χ3n) is 3.07. The minimum absolute atomic E-state index is 0.0794. The van der Waals surface area contributed by atoms with Crippen LogP contribution in [0.15, 0.2) is 48.5 Å². The Kier molecular flexibility index (Phi) is 4.82. The fourth-order valence-corrected chi connectivity index (χ4v) is 2.21. The van der Waals surface area contributed by atoms with Crippen LogP contribution >= 0.6 is 0 Å². The highest BCUT2D eigenvalue weighted by molar-refractivity contribution is 5.89. The summed E-state index contributed by atoms with van der Waals surface area (Å²) < 4.78 is 0. The number of hydrogen-bond donors (Lipinski definition) is 3. The van der Waals surface area contributed by atoms with Crippen LogP contribution in [0, 0.1) is 0 Å². The minimum atomic E-state index is -0.0794. The molecule has 0 aliphatic heterocycles. The van der Waals surface area contributed by atoms with Crippen molar-refractivity contribution in [2.24, 2.45) is 0 Å². The quantitative estimate of drug-likeness (QED) is 0.788. The Hall–Kier alpha value is -2.49. The Morgan fingerprint density at radius 3 is 2.48 bits per heavy atom. The van der Waals surface area contributed by atoms with Crippen molar-refractivity contribution in [1.82, 2.24) is 0 Å². The topological polar surface area (TPSA) is 61.4 Å². The number of nitrogens with one attached hydrogen (secondary N) is 2. The number of hydrogen-bond acceptors (Lipinski definition) is 3. The number of rotatable bonds is 5. The predicted octanol–water partition coefficient (Wildman–Crippen LogP) is 3.39. The summed E-state index contributed by atoms with van der Waals surface area (Å²) in [5.41, 5.74) is 2.91. The number of aromatic hydroxyl groups is 1. The van der Waals surface area contributed by atoms with Crippen molar-refractivity contribution >= 4 is 17.3 Å². The molecule has 3 N–H and O–H groups in total. The Morgan fingerprint density at radius 2 is 1.81 bits per heavy atom. The van der Waals surface area contributed by atoms with Crippen LogP contribution in [0.1, 0.15) is 19.4 Å². The van der Waals surface area contributed by atoms with Crippen LogP contribution in [0.25, 0.3) is 0 Å². The van der Waals surface area contributed by atoms with E-state index in [1.807, 2.05) is 36.4 Å². The molecule has 0 saturated heterocycles. The molecule has 0 heterocycles. The van der Waals surface area contributed by atoms with Crippen molar-refractivity contribution in [2.75, 3.05) is 10.6 Å². The molecule has 0 aromatic heterocycles. The molecule has 110 valence electrons. The van der Waals surface area contributed by atoms with Crippen molar-refractivity contribution in [1.29, 1.82) is 0 Å². The van der Waals surface area contributed by atoms with Crippen LogP contribution in [0.5, 0.6) is 5.75 Å². The largest absolute Gasteiger partial charge is 0.508 e. The van der Waals surface area contributed by atoms with E-state index in [9.17, 15) is 9.90 Å². The number of carbonyl (C=O) groups excluding carboxylic acids is 1. The van der Waals surface area contributed by atoms with Gasteiger partial charge in [-0.05, 0) is 49.2 Å². The van der Waals surface area contributed by atoms with Gasteiger partial charge in [0.15, 0.2) is 0 Å². The molecule has 2 rings (SSSR count). The van der Waals surface area contributed by atoms with Crippen LogP contribution in [0.2, 0.25) is 0 Å². The standard InChI is InChI=1S/C17H20N2O2/c1-12(10-14-6-8-17(21)9-7-14)18-15-4-3-5-16(11-15)19-13(2)20/h3-9,11-12,18,21H,10H2,1-2H3,(H,19,20). The van der Waals surface area contributed by atoms with E-state index < -0.39 is 0 Å². The molecule has 0 aliphatic rings. The highest BCUT2D eigenvalue weighted by Gasteiger charge is 2.05. The van der Waals surface area contributed by atoms with Gasteiger partial charge < -0.3 is 15.7 Å². The van der Waals surface area contributed by atoms with Gasteiger partial charge in [-0.3, -0.25) is 4.79 Å². The zero-order chi connectivity index (χ0) is 15.2. The third kappa shape index (κ3) is 4.84. The zero-order valence-corrected chi connectivity index (χ0v) is 12.3. The second kappa shape index (κ2) is 6.79. The molecule has 1 amide bonds. The van der Waals surface area contributed by atoms with E-state index in [1.165, 1.54) is 6.92 Å². The molecule has 1 unspecified atom stereocenters. The van der Waals surface area contributed by atoms with E-state index in [2.05, 4.69) is 17.6 Å². The predicted molar refractivity (Wildman–Crippen MR) is 85.6 cm³/mol. The lowest BCUT2D eigenvalue weighted by molar-refractivity contribution is -0.114. The van der Waals surface area contributed by atoms with E-state index >= 15 is 0 Å². The van der Waals surface area contributed by atoms with Crippen molar-refractivity contribution < 1.29 is 9.90 Å². The van der Waals surface area contributed by atoms with Gasteiger partial charge in [-0.2, -0.15) is 0 Å².